The van der Waals surface area contributed by atoms with Crippen molar-refractivity contribution in [1.82, 2.24) is 14.6 Å². The Balaban J connectivity index is 1.61. The van der Waals surface area contributed by atoms with Crippen LogP contribution in [0.15, 0.2) is 18.3 Å². The number of likely N-dealkylation sites (tertiary alicyclic amines) is 1. The molecule has 3 rings (SSSR count). The van der Waals surface area contributed by atoms with Crippen LogP contribution in [0.3, 0.4) is 0 Å². The van der Waals surface area contributed by atoms with E-state index in [0.29, 0.717) is 19.4 Å². The summed E-state index contributed by atoms with van der Waals surface area (Å²) in [5.41, 5.74) is 0.0702. The molecule has 0 radical (unpaired) electrons. The van der Waals surface area contributed by atoms with Crippen LogP contribution in [-0.2, 0) is 21.4 Å². The Morgan fingerprint density at radius 2 is 2.04 bits per heavy atom. The van der Waals surface area contributed by atoms with E-state index in [1.54, 1.807) is 4.90 Å². The lowest BCUT2D eigenvalue weighted by atomic mass is 10.0. The van der Waals surface area contributed by atoms with Gasteiger partial charge in [-0.2, -0.15) is 0 Å². The highest BCUT2D eigenvalue weighted by molar-refractivity contribution is 7.90. The molecule has 1 atom stereocenters. The van der Waals surface area contributed by atoms with Gasteiger partial charge in [-0.3, -0.25) is 9.78 Å². The van der Waals surface area contributed by atoms with Crippen LogP contribution in [0.5, 0.6) is 0 Å². The van der Waals surface area contributed by atoms with Gasteiger partial charge in [-0.05, 0) is 37.8 Å². The third-order valence-electron chi connectivity index (χ3n) is 5.11. The molecule has 1 aliphatic carbocycles. The standard InChI is InChI=1S/C17H24FN3O3S/c18-15-8-3-9-19-16(15)11-20-25(23,24)14-7-4-10-21(12-14)17(22)13-5-1-2-6-13/h3,8-9,13-14,20H,1-2,4-7,10-12H2. The van der Waals surface area contributed by atoms with E-state index < -0.39 is 21.1 Å². The molecule has 2 aliphatic rings. The molecular weight excluding hydrogens is 345 g/mol. The maximum atomic E-state index is 13.6. The van der Waals surface area contributed by atoms with Gasteiger partial charge in [-0.25, -0.2) is 17.5 Å². The van der Waals surface area contributed by atoms with E-state index >= 15 is 0 Å². The summed E-state index contributed by atoms with van der Waals surface area (Å²) in [6, 6.07) is 2.71. The molecule has 6 nitrogen and oxygen atoms in total. The molecule has 25 heavy (non-hydrogen) atoms. The molecule has 2 fully saturated rings. The summed E-state index contributed by atoms with van der Waals surface area (Å²) in [5.74, 6) is -0.392. The first kappa shape index (κ1) is 18.3. The Labute approximate surface area is 147 Å². The molecular formula is C17H24FN3O3S. The van der Waals surface area contributed by atoms with Crippen molar-refractivity contribution in [2.45, 2.75) is 50.3 Å². The molecule has 1 aromatic heterocycles. The number of hydrogen-bond acceptors (Lipinski definition) is 4. The van der Waals surface area contributed by atoms with Crippen molar-refractivity contribution in [1.29, 1.82) is 0 Å². The lowest BCUT2D eigenvalue weighted by Gasteiger charge is -2.34. The third-order valence-corrected chi connectivity index (χ3v) is 6.92. The number of rotatable bonds is 5. The Morgan fingerprint density at radius 1 is 1.28 bits per heavy atom. The highest BCUT2D eigenvalue weighted by Gasteiger charge is 2.35. The minimum absolute atomic E-state index is 0.0528. The number of aromatic nitrogens is 1. The third kappa shape index (κ3) is 4.36. The van der Waals surface area contributed by atoms with E-state index in [4.69, 9.17) is 0 Å². The molecule has 1 N–H and O–H groups in total. The van der Waals surface area contributed by atoms with Gasteiger partial charge in [0.1, 0.15) is 5.82 Å². The summed E-state index contributed by atoms with van der Waals surface area (Å²) in [6.07, 6.45) is 6.56. The zero-order valence-corrected chi connectivity index (χ0v) is 15.0. The number of amides is 1. The average molecular weight is 369 g/mol. The molecule has 2 heterocycles. The Morgan fingerprint density at radius 3 is 2.76 bits per heavy atom. The predicted octanol–water partition coefficient (Wildman–Crippen LogP) is 1.82. The summed E-state index contributed by atoms with van der Waals surface area (Å²) in [4.78, 5) is 18.1. The number of hydrogen-bond donors (Lipinski definition) is 1. The van der Waals surface area contributed by atoms with E-state index in [1.807, 2.05) is 0 Å². The van der Waals surface area contributed by atoms with Crippen LogP contribution in [0, 0.1) is 11.7 Å². The monoisotopic (exact) mass is 369 g/mol. The first-order valence-electron chi connectivity index (χ1n) is 8.84. The first-order valence-corrected chi connectivity index (χ1v) is 10.4. The van der Waals surface area contributed by atoms with Crippen LogP contribution in [0.2, 0.25) is 0 Å². The number of pyridine rings is 1. The van der Waals surface area contributed by atoms with Gasteiger partial charge in [0.15, 0.2) is 0 Å². The van der Waals surface area contributed by atoms with E-state index in [0.717, 1.165) is 25.7 Å². The van der Waals surface area contributed by atoms with Crippen LogP contribution >= 0.6 is 0 Å². The van der Waals surface area contributed by atoms with Crippen molar-refractivity contribution in [2.75, 3.05) is 13.1 Å². The summed E-state index contributed by atoms with van der Waals surface area (Å²) in [5, 5.41) is -0.654. The fraction of sp³-hybridized carbons (Fsp3) is 0.647. The van der Waals surface area contributed by atoms with Gasteiger partial charge in [0.2, 0.25) is 15.9 Å². The molecule has 0 spiro atoms. The number of piperidine rings is 1. The van der Waals surface area contributed by atoms with Gasteiger partial charge >= 0.3 is 0 Å². The van der Waals surface area contributed by atoms with Crippen molar-refractivity contribution in [3.8, 4) is 0 Å². The number of nitrogens with one attached hydrogen (secondary N) is 1. The van der Waals surface area contributed by atoms with Gasteiger partial charge in [0.25, 0.3) is 0 Å². The van der Waals surface area contributed by atoms with Crippen molar-refractivity contribution >= 4 is 15.9 Å². The van der Waals surface area contributed by atoms with Crippen molar-refractivity contribution in [3.05, 3.63) is 29.8 Å². The van der Waals surface area contributed by atoms with Crippen LogP contribution in [0.25, 0.3) is 0 Å². The van der Waals surface area contributed by atoms with Crippen LogP contribution in [0.4, 0.5) is 4.39 Å². The number of carbonyl (C=O) groups is 1. The van der Waals surface area contributed by atoms with Gasteiger partial charge in [0, 0.05) is 25.2 Å². The number of sulfonamides is 1. The van der Waals surface area contributed by atoms with E-state index in [-0.39, 0.29) is 30.6 Å². The quantitative estimate of drug-likeness (QED) is 0.859. The summed E-state index contributed by atoms with van der Waals surface area (Å²) < 4.78 is 41.2. The van der Waals surface area contributed by atoms with E-state index in [1.165, 1.54) is 18.3 Å². The predicted molar refractivity (Wildman–Crippen MR) is 91.5 cm³/mol. The number of halogens is 1. The maximum absolute atomic E-state index is 13.6. The van der Waals surface area contributed by atoms with E-state index in [9.17, 15) is 17.6 Å². The molecule has 1 saturated heterocycles. The first-order chi connectivity index (χ1) is 12.0. The van der Waals surface area contributed by atoms with Crippen LogP contribution < -0.4 is 4.72 Å². The summed E-state index contributed by atoms with van der Waals surface area (Å²) in [6.45, 7) is 0.660. The molecule has 0 aromatic carbocycles. The molecule has 1 aliphatic heterocycles. The van der Waals surface area contributed by atoms with Crippen molar-refractivity contribution < 1.29 is 17.6 Å². The molecule has 8 heteroatoms. The smallest absolute Gasteiger partial charge is 0.225 e. The summed E-state index contributed by atoms with van der Waals surface area (Å²) in [7, 11) is -3.64. The largest absolute Gasteiger partial charge is 0.341 e. The Hall–Kier alpha value is -1.54. The second kappa shape index (κ2) is 7.78. The normalized spacial score (nSPS) is 22.3. The van der Waals surface area contributed by atoms with Crippen molar-refractivity contribution in [2.24, 2.45) is 5.92 Å². The molecule has 1 aromatic rings. The SMILES string of the molecule is O=C(C1CCCC1)N1CCCC(S(=O)(=O)NCc2ncccc2F)C1. The fourth-order valence-electron chi connectivity index (χ4n) is 3.66. The lowest BCUT2D eigenvalue weighted by molar-refractivity contribution is -0.136. The molecule has 138 valence electrons. The fourth-order valence-corrected chi connectivity index (χ4v) is 5.08. The second-order valence-electron chi connectivity index (χ2n) is 6.83. The van der Waals surface area contributed by atoms with E-state index in [2.05, 4.69) is 9.71 Å². The molecule has 1 amide bonds. The zero-order chi connectivity index (χ0) is 17.9. The topological polar surface area (TPSA) is 79.4 Å². The lowest BCUT2D eigenvalue weighted by Crippen LogP contribution is -2.49. The summed E-state index contributed by atoms with van der Waals surface area (Å²) >= 11 is 0. The maximum Gasteiger partial charge on any atom is 0.225 e. The Bertz CT molecular complexity index is 720. The highest BCUT2D eigenvalue weighted by atomic mass is 32.2. The molecule has 1 unspecified atom stereocenters. The van der Waals surface area contributed by atoms with Gasteiger partial charge in [-0.15, -0.1) is 0 Å². The number of nitrogens with zero attached hydrogens (tertiary/aromatic N) is 2. The highest BCUT2D eigenvalue weighted by Crippen LogP contribution is 2.28. The zero-order valence-electron chi connectivity index (χ0n) is 14.2. The average Bonchev–Trinajstić information content (AvgIpc) is 3.15. The number of carbonyl (C=O) groups excluding carboxylic acids is 1. The molecule has 0 bridgehead atoms. The molecule has 1 saturated carbocycles. The van der Waals surface area contributed by atoms with Gasteiger partial charge in [-0.1, -0.05) is 12.8 Å². The Kier molecular flexibility index (Phi) is 5.68. The van der Waals surface area contributed by atoms with Crippen LogP contribution in [-0.4, -0.2) is 42.5 Å². The van der Waals surface area contributed by atoms with Gasteiger partial charge < -0.3 is 4.90 Å². The minimum Gasteiger partial charge on any atom is -0.341 e. The minimum atomic E-state index is -3.64. The second-order valence-corrected chi connectivity index (χ2v) is 8.87. The van der Waals surface area contributed by atoms with Crippen LogP contribution in [0.1, 0.15) is 44.2 Å². The van der Waals surface area contributed by atoms with Gasteiger partial charge in [0.05, 0.1) is 17.5 Å². The van der Waals surface area contributed by atoms with Crippen molar-refractivity contribution in [3.63, 3.8) is 0 Å².